The first-order valence-electron chi connectivity index (χ1n) is 21.6. The minimum Gasteiger partial charge on any atom is -0.308 e. The van der Waals surface area contributed by atoms with E-state index < -0.39 is 0 Å². The minimum absolute atomic E-state index is 0.0923. The molecule has 0 spiro atoms. The van der Waals surface area contributed by atoms with Crippen LogP contribution in [0, 0.1) is 0 Å². The zero-order valence-corrected chi connectivity index (χ0v) is 35.3. The van der Waals surface area contributed by atoms with Crippen molar-refractivity contribution in [3.05, 3.63) is 169 Å². The SMILES string of the molecule is CC(C)(C)c1cc(N(c2ccccc2)c2ccccc2)c2c(c1)c1cc(C(C)(C)C)cc3c4c5c6c7ccccc7cc7c8ccc9ccccc9c8n(c5cnc4n2c13)c76. The first-order valence-corrected chi connectivity index (χ1v) is 21.6. The lowest BCUT2D eigenvalue weighted by molar-refractivity contribution is 0.591. The summed E-state index contributed by atoms with van der Waals surface area (Å²) in [4.78, 5) is 8.09. The fourth-order valence-electron chi connectivity index (χ4n) is 10.7. The molecule has 4 nitrogen and oxygen atoms in total. The minimum atomic E-state index is -0.0951. The van der Waals surface area contributed by atoms with Crippen LogP contribution in [-0.2, 0) is 10.8 Å². The van der Waals surface area contributed by atoms with Crippen LogP contribution in [0.15, 0.2) is 158 Å². The van der Waals surface area contributed by atoms with Gasteiger partial charge in [-0.25, -0.2) is 4.98 Å². The first kappa shape index (κ1) is 34.7. The van der Waals surface area contributed by atoms with E-state index in [1.54, 1.807) is 0 Å². The molecular weight excluding hydrogens is 741 g/mol. The lowest BCUT2D eigenvalue weighted by Crippen LogP contribution is -2.15. The van der Waals surface area contributed by atoms with Gasteiger partial charge in [-0.1, -0.05) is 139 Å². The summed E-state index contributed by atoms with van der Waals surface area (Å²) in [6.07, 6.45) is 2.17. The molecule has 0 N–H and O–H groups in total. The van der Waals surface area contributed by atoms with Crippen LogP contribution in [0.4, 0.5) is 17.1 Å². The highest BCUT2D eigenvalue weighted by molar-refractivity contribution is 6.40. The largest absolute Gasteiger partial charge is 0.308 e. The third-order valence-electron chi connectivity index (χ3n) is 13.6. The van der Waals surface area contributed by atoms with Crippen LogP contribution in [0.25, 0.3) is 97.9 Å². The molecule has 0 atom stereocenters. The van der Waals surface area contributed by atoms with E-state index in [1.807, 2.05) is 0 Å². The average molecular weight is 785 g/mol. The maximum atomic E-state index is 5.64. The molecule has 0 aliphatic carbocycles. The van der Waals surface area contributed by atoms with Gasteiger partial charge in [0.2, 0.25) is 0 Å². The van der Waals surface area contributed by atoms with Crippen molar-refractivity contribution in [3.63, 3.8) is 0 Å². The van der Waals surface area contributed by atoms with Crippen molar-refractivity contribution < 1.29 is 0 Å². The number of anilines is 3. The van der Waals surface area contributed by atoms with Crippen LogP contribution in [0.5, 0.6) is 0 Å². The zero-order chi connectivity index (χ0) is 41.1. The first-order chi connectivity index (χ1) is 29.6. The van der Waals surface area contributed by atoms with E-state index in [0.717, 1.165) is 28.2 Å². The van der Waals surface area contributed by atoms with Gasteiger partial charge in [-0.15, -0.1) is 0 Å². The van der Waals surface area contributed by atoms with Crippen LogP contribution >= 0.6 is 0 Å². The Labute approximate surface area is 353 Å². The van der Waals surface area contributed by atoms with Crippen LogP contribution < -0.4 is 4.90 Å². The molecule has 8 aromatic carbocycles. The lowest BCUT2D eigenvalue weighted by atomic mass is 9.84. The topological polar surface area (TPSA) is 24.9 Å². The monoisotopic (exact) mass is 784 g/mol. The Kier molecular flexibility index (Phi) is 6.69. The number of para-hydroxylation sites is 2. The Bertz CT molecular complexity index is 3890. The van der Waals surface area contributed by atoms with Crippen LogP contribution in [0.2, 0.25) is 0 Å². The van der Waals surface area contributed by atoms with Crippen molar-refractivity contribution in [2.24, 2.45) is 0 Å². The molecule has 13 rings (SSSR count). The number of benzene rings is 8. The molecule has 61 heavy (non-hydrogen) atoms. The fourth-order valence-corrected chi connectivity index (χ4v) is 10.7. The number of aromatic nitrogens is 3. The van der Waals surface area contributed by atoms with Gasteiger partial charge in [0.15, 0.2) is 0 Å². The molecule has 5 aromatic heterocycles. The molecule has 0 saturated heterocycles. The van der Waals surface area contributed by atoms with Gasteiger partial charge in [0.05, 0.1) is 39.5 Å². The zero-order valence-electron chi connectivity index (χ0n) is 35.3. The standard InChI is InChI=1S/C57H44N4/c1-56(2,3)35-28-43-44-29-36(57(4,5)6)31-46(59(37-19-9-7-10-20-37)38-21-11-8-12-22-38)53(44)61-52(43)45(30-35)49-50-47(32-58-55(49)61)60-51-40-24-16-13-17-33(40)25-26-41(51)42-27-34-18-14-15-23-39(34)48(50)54(42)60/h7-32H,1-6H3. The van der Waals surface area contributed by atoms with Gasteiger partial charge >= 0.3 is 0 Å². The number of hydrogen-bond acceptors (Lipinski definition) is 2. The Balaban J connectivity index is 1.31. The number of nitrogens with zero attached hydrogens (tertiary/aromatic N) is 4. The Morgan fingerprint density at radius 2 is 0.967 bits per heavy atom. The number of hydrogen-bond donors (Lipinski definition) is 0. The van der Waals surface area contributed by atoms with E-state index in [0.29, 0.717) is 0 Å². The van der Waals surface area contributed by atoms with E-state index in [9.17, 15) is 0 Å². The van der Waals surface area contributed by atoms with Crippen molar-refractivity contribution in [3.8, 4) is 0 Å². The molecule has 0 radical (unpaired) electrons. The summed E-state index contributed by atoms with van der Waals surface area (Å²) in [6.45, 7) is 14.0. The molecule has 0 bridgehead atoms. The Morgan fingerprint density at radius 3 is 1.66 bits per heavy atom. The average Bonchev–Trinajstić information content (AvgIpc) is 3.99. The molecule has 292 valence electrons. The molecule has 13 aromatic rings. The highest BCUT2D eigenvalue weighted by atomic mass is 15.2. The maximum Gasteiger partial charge on any atom is 0.146 e. The molecule has 0 saturated carbocycles. The summed E-state index contributed by atoms with van der Waals surface area (Å²) in [5.41, 5.74) is 12.9. The fraction of sp³-hybridized carbons (Fsp3) is 0.140. The van der Waals surface area contributed by atoms with Crippen LogP contribution in [-0.4, -0.2) is 13.8 Å². The summed E-state index contributed by atoms with van der Waals surface area (Å²) in [6, 6.07) is 56.4. The van der Waals surface area contributed by atoms with Crippen molar-refractivity contribution in [1.29, 1.82) is 0 Å². The van der Waals surface area contributed by atoms with Crippen LogP contribution in [0.1, 0.15) is 52.7 Å². The molecule has 0 aliphatic rings. The van der Waals surface area contributed by atoms with Gasteiger partial charge in [-0.3, -0.25) is 4.40 Å². The maximum absolute atomic E-state index is 5.64. The Hall–Kier alpha value is -7.17. The third kappa shape index (κ3) is 4.57. The molecule has 0 unspecified atom stereocenters. The van der Waals surface area contributed by atoms with Gasteiger partial charge in [0.25, 0.3) is 0 Å². The van der Waals surface area contributed by atoms with E-state index in [1.165, 1.54) is 97.8 Å². The summed E-state index contributed by atoms with van der Waals surface area (Å²) in [5.74, 6) is 0. The second-order valence-electron chi connectivity index (χ2n) is 19.3. The van der Waals surface area contributed by atoms with Gasteiger partial charge < -0.3 is 9.30 Å². The van der Waals surface area contributed by atoms with Crippen molar-refractivity contribution >= 4 is 115 Å². The number of rotatable bonds is 3. The van der Waals surface area contributed by atoms with Crippen LogP contribution in [0.3, 0.4) is 0 Å². The molecule has 0 aliphatic heterocycles. The second kappa shape index (κ2) is 11.8. The Morgan fingerprint density at radius 1 is 0.410 bits per heavy atom. The molecule has 4 heteroatoms. The van der Waals surface area contributed by atoms with Crippen molar-refractivity contribution in [2.45, 2.75) is 52.4 Å². The summed E-state index contributed by atoms with van der Waals surface area (Å²) >= 11 is 0. The molecule has 0 fully saturated rings. The summed E-state index contributed by atoms with van der Waals surface area (Å²) in [5, 5.41) is 15.2. The molecule has 0 amide bonds. The van der Waals surface area contributed by atoms with E-state index in [4.69, 9.17) is 4.98 Å². The van der Waals surface area contributed by atoms with Crippen molar-refractivity contribution in [2.75, 3.05) is 4.90 Å². The second-order valence-corrected chi connectivity index (χ2v) is 19.3. The van der Waals surface area contributed by atoms with Gasteiger partial charge in [-0.05, 0) is 92.7 Å². The van der Waals surface area contributed by atoms with Gasteiger partial charge in [0.1, 0.15) is 5.65 Å². The summed E-state index contributed by atoms with van der Waals surface area (Å²) < 4.78 is 5.06. The molecule has 5 heterocycles. The highest BCUT2D eigenvalue weighted by Gasteiger charge is 2.31. The number of fused-ring (bicyclic) bond motifs is 17. The normalized spacial score (nSPS) is 13.1. The van der Waals surface area contributed by atoms with Gasteiger partial charge in [-0.2, -0.15) is 0 Å². The van der Waals surface area contributed by atoms with Crippen molar-refractivity contribution in [1.82, 2.24) is 13.8 Å². The third-order valence-corrected chi connectivity index (χ3v) is 13.6. The van der Waals surface area contributed by atoms with E-state index in [2.05, 4.69) is 213 Å². The predicted molar refractivity (Wildman–Crippen MR) is 261 cm³/mol. The highest BCUT2D eigenvalue weighted by Crippen LogP contribution is 2.52. The lowest BCUT2D eigenvalue weighted by Gasteiger charge is -2.29. The quantitative estimate of drug-likeness (QED) is 0.178. The summed E-state index contributed by atoms with van der Waals surface area (Å²) in [7, 11) is 0. The van der Waals surface area contributed by atoms with Gasteiger partial charge in [0, 0.05) is 59.9 Å². The van der Waals surface area contributed by atoms with E-state index in [-0.39, 0.29) is 10.8 Å². The van der Waals surface area contributed by atoms with E-state index >= 15 is 0 Å². The smallest absolute Gasteiger partial charge is 0.146 e. The number of pyridine rings is 1. The predicted octanol–water partition coefficient (Wildman–Crippen LogP) is 15.8. The molecular formula is C57H44N4.